The van der Waals surface area contributed by atoms with E-state index >= 15 is 0 Å². The van der Waals surface area contributed by atoms with Crippen molar-refractivity contribution >= 4 is 151 Å². The third-order valence-electron chi connectivity index (χ3n) is 10.3. The Morgan fingerprint density at radius 2 is 1.00 bits per heavy atom. The normalized spacial score (nSPS) is 12.3. The zero-order chi connectivity index (χ0) is 54.5. The first-order valence-corrected chi connectivity index (χ1v) is 29.2. The molecule has 8 aromatic rings. The second-order valence-electron chi connectivity index (χ2n) is 15.2. The first-order valence-electron chi connectivity index (χ1n) is 20.2. The third-order valence-corrected chi connectivity index (χ3v) is 16.1. The maximum Gasteiger partial charge on any atom is 1.00 e. The average molecular weight is 1270 g/mol. The summed E-state index contributed by atoms with van der Waals surface area (Å²) >= 11 is 6.20. The molecule has 0 atom stereocenters. The number of benzene rings is 7. The summed E-state index contributed by atoms with van der Waals surface area (Å²) in [5, 5.41) is 20.4. The molecule has 0 saturated carbocycles. The zero-order valence-electron chi connectivity index (χ0n) is 41.7. The van der Waals surface area contributed by atoms with Gasteiger partial charge in [-0.05, 0) is 90.5 Å². The Hall–Kier alpha value is -2.12. The minimum absolute atomic E-state index is 0. The van der Waals surface area contributed by atoms with Crippen molar-refractivity contribution in [3.8, 4) is 0 Å². The topological polar surface area (TPSA) is 442 Å². The van der Waals surface area contributed by atoms with Crippen molar-refractivity contribution in [2.75, 3.05) is 23.0 Å². The van der Waals surface area contributed by atoms with Gasteiger partial charge in [0, 0.05) is 38.0 Å². The standard InChI is InChI=1S/C41H30ClN9O18S6.5Na/c42-39-45-40(43-22-4-1-5-24(18-22)70(52,53)17-16-69-75(66,67)68)47-41(46-39)44-34-15-14-32(28-7-3-9-36(38(28)34)73(60,61)62)50-51-33-13-12-31(26-11-10-25(21-29(26)33)71(54,55)56)49-48-23-19-30-27(37(20-23)74(63,64)65)6-2-8-35(30)72(57,58)59;;;;;/h1-15,18-21H,16-17H2,(H,54,55,56)(H,57,58,59)(H,60,61,62)(H,63,64,65)(H,66,67,68)(H2,43,44,45,46,47);;;;;/q;5*+1/p-5. The molecular formula is C41H25ClN9Na5O18S6. The molecule has 80 heavy (non-hydrogen) atoms. The number of rotatable bonds is 17. The smallest absolute Gasteiger partial charge is 0.744 e. The summed E-state index contributed by atoms with van der Waals surface area (Å²) in [6, 6.07) is 21.5. The molecule has 0 aliphatic carbocycles. The number of hydrogen-bond acceptors (Lipinski definition) is 27. The van der Waals surface area contributed by atoms with E-state index in [0.717, 1.165) is 60.7 Å². The fourth-order valence-corrected chi connectivity index (χ4v) is 11.5. The zero-order valence-corrected chi connectivity index (χ0v) is 57.3. The van der Waals surface area contributed by atoms with Crippen molar-refractivity contribution in [3.63, 3.8) is 0 Å². The minimum atomic E-state index is -5.30. The molecule has 390 valence electrons. The van der Waals surface area contributed by atoms with Gasteiger partial charge in [-0.15, -0.1) is 15.3 Å². The van der Waals surface area contributed by atoms with Gasteiger partial charge in [0.25, 0.3) is 0 Å². The summed E-state index contributed by atoms with van der Waals surface area (Å²) in [4.78, 5) is 8.54. The molecule has 2 N–H and O–H groups in total. The molecule has 39 heteroatoms. The predicted molar refractivity (Wildman–Crippen MR) is 258 cm³/mol. The van der Waals surface area contributed by atoms with Crippen molar-refractivity contribution in [2.45, 2.75) is 24.5 Å². The van der Waals surface area contributed by atoms with E-state index in [1.165, 1.54) is 54.6 Å². The first-order chi connectivity index (χ1) is 34.9. The molecule has 0 bridgehead atoms. The van der Waals surface area contributed by atoms with E-state index in [4.69, 9.17) is 11.6 Å². The van der Waals surface area contributed by atoms with Gasteiger partial charge in [0.2, 0.25) is 27.6 Å². The Morgan fingerprint density at radius 3 is 1.60 bits per heavy atom. The molecular weight excluding hydrogens is 1250 g/mol. The SMILES string of the molecule is O=S(=O)([O-])OCCS(=O)(=O)c1cccc(Nc2nc(Cl)nc(Nc3ccc(N=Nc4ccc(N=Nc5cc(S(=O)(=O)[O-])c6cccc(S(=O)(=O)[O-])c6c5)c5ccc(S(=O)(=O)[O-])cc45)c4cccc(S(=O)(=O)[O-])c34)n2)c1.[Na+].[Na+].[Na+].[Na+].[Na+]. The van der Waals surface area contributed by atoms with Gasteiger partial charge < -0.3 is 33.4 Å². The quantitative estimate of drug-likeness (QED) is 0.0370. The Bertz CT molecular complexity index is 4500. The van der Waals surface area contributed by atoms with Crippen LogP contribution in [0.15, 0.2) is 160 Å². The molecule has 0 saturated heterocycles. The Kier molecular flexibility index (Phi) is 25.6. The van der Waals surface area contributed by atoms with Crippen LogP contribution in [0.2, 0.25) is 5.28 Å². The molecule has 0 spiro atoms. The third kappa shape index (κ3) is 17.7. The summed E-state index contributed by atoms with van der Waals surface area (Å²) in [5.74, 6) is -1.52. The van der Waals surface area contributed by atoms with Crippen LogP contribution in [-0.2, 0) is 64.9 Å². The van der Waals surface area contributed by atoms with Crippen LogP contribution in [-0.4, -0.2) is 101 Å². The van der Waals surface area contributed by atoms with E-state index in [2.05, 4.69) is 50.2 Å². The molecule has 0 radical (unpaired) electrons. The van der Waals surface area contributed by atoms with Gasteiger partial charge in [0.15, 0.2) is 9.84 Å². The number of nitrogens with one attached hydrogen (secondary N) is 2. The number of aromatic nitrogens is 3. The summed E-state index contributed by atoms with van der Waals surface area (Å²) in [5.41, 5.74) is -0.804. The molecule has 27 nitrogen and oxygen atoms in total. The minimum Gasteiger partial charge on any atom is -0.744 e. The van der Waals surface area contributed by atoms with Crippen LogP contribution in [0.25, 0.3) is 32.3 Å². The average Bonchev–Trinajstić information content (AvgIpc) is 3.30. The number of anilines is 4. The maximum atomic E-state index is 12.8. The number of sulfone groups is 1. The second kappa shape index (κ2) is 28.4. The summed E-state index contributed by atoms with van der Waals surface area (Å²) in [6.45, 7) is -0.951. The van der Waals surface area contributed by atoms with Gasteiger partial charge in [-0.3, -0.25) is 4.18 Å². The number of fused-ring (bicyclic) bond motifs is 3. The van der Waals surface area contributed by atoms with Crippen molar-refractivity contribution in [1.29, 1.82) is 0 Å². The van der Waals surface area contributed by atoms with Gasteiger partial charge in [-0.1, -0.05) is 36.4 Å². The number of halogens is 1. The molecule has 0 fully saturated rings. The van der Waals surface area contributed by atoms with Crippen LogP contribution >= 0.6 is 11.6 Å². The van der Waals surface area contributed by atoms with E-state index in [0.29, 0.717) is 0 Å². The monoisotopic (exact) mass is 1270 g/mol. The van der Waals surface area contributed by atoms with Gasteiger partial charge in [-0.25, -0.2) is 50.5 Å². The molecule has 1 aromatic heterocycles. The van der Waals surface area contributed by atoms with Crippen LogP contribution in [0.5, 0.6) is 0 Å². The van der Waals surface area contributed by atoms with E-state index in [1.54, 1.807) is 0 Å². The molecule has 0 aliphatic heterocycles. The first kappa shape index (κ1) is 72.1. The van der Waals surface area contributed by atoms with E-state index in [-0.39, 0.29) is 220 Å². The maximum absolute atomic E-state index is 12.8. The van der Waals surface area contributed by atoms with Crippen molar-refractivity contribution in [3.05, 3.63) is 121 Å². The molecule has 0 aliphatic rings. The van der Waals surface area contributed by atoms with Gasteiger partial charge >= 0.3 is 148 Å². The molecule has 0 unspecified atom stereocenters. The molecule has 1 heterocycles. The van der Waals surface area contributed by atoms with E-state index in [9.17, 15) is 73.3 Å². The number of nitrogens with zero attached hydrogens (tertiary/aromatic N) is 7. The van der Waals surface area contributed by atoms with Gasteiger partial charge in [0.05, 0.1) is 65.3 Å². The number of azo groups is 2. The fourth-order valence-electron chi connectivity index (χ4n) is 7.24. The Balaban J connectivity index is 0.00000336. The second-order valence-corrected chi connectivity index (χ2v) is 24.1. The van der Waals surface area contributed by atoms with Gasteiger partial charge in [0.1, 0.15) is 40.5 Å². The van der Waals surface area contributed by atoms with Crippen LogP contribution in [0.1, 0.15) is 0 Å². The van der Waals surface area contributed by atoms with Crippen LogP contribution in [0.4, 0.5) is 46.0 Å². The van der Waals surface area contributed by atoms with Gasteiger partial charge in [-0.2, -0.15) is 20.1 Å². The largest absolute Gasteiger partial charge is 1.00 e. The molecule has 0 amide bonds. The summed E-state index contributed by atoms with van der Waals surface area (Å²) in [7, 11) is -30.3. The van der Waals surface area contributed by atoms with E-state index < -0.39 is 109 Å². The fraction of sp³-hybridized carbons (Fsp3) is 0.0488. The van der Waals surface area contributed by atoms with Crippen molar-refractivity contribution < 1.29 is 225 Å². The van der Waals surface area contributed by atoms with E-state index in [1.807, 2.05) is 0 Å². The van der Waals surface area contributed by atoms with Crippen molar-refractivity contribution in [2.24, 2.45) is 20.5 Å². The number of hydrogen-bond donors (Lipinski definition) is 2. The van der Waals surface area contributed by atoms with Crippen LogP contribution in [0, 0.1) is 0 Å². The molecule has 7 aromatic carbocycles. The van der Waals surface area contributed by atoms with Crippen LogP contribution in [0.3, 0.4) is 0 Å². The Labute approximate surface area is 571 Å². The molecule has 8 rings (SSSR count). The van der Waals surface area contributed by atoms with Crippen molar-refractivity contribution in [1.82, 2.24) is 15.0 Å². The summed E-state index contributed by atoms with van der Waals surface area (Å²) < 4.78 is 209. The Morgan fingerprint density at radius 1 is 0.463 bits per heavy atom. The summed E-state index contributed by atoms with van der Waals surface area (Å²) in [6.07, 6.45) is 0. The van der Waals surface area contributed by atoms with Crippen LogP contribution < -0.4 is 158 Å². The predicted octanol–water partition coefficient (Wildman–Crippen LogP) is -8.81.